The summed E-state index contributed by atoms with van der Waals surface area (Å²) in [6.07, 6.45) is 3.55. The van der Waals surface area contributed by atoms with Gasteiger partial charge >= 0.3 is 0 Å². The summed E-state index contributed by atoms with van der Waals surface area (Å²) >= 11 is 0. The monoisotopic (exact) mass is 237 g/mol. The third kappa shape index (κ3) is 2.66. The lowest BCUT2D eigenvalue weighted by Gasteiger charge is -2.17. The molecule has 17 heavy (non-hydrogen) atoms. The fourth-order valence-electron chi connectivity index (χ4n) is 2.20. The van der Waals surface area contributed by atoms with Gasteiger partial charge in [0.1, 0.15) is 0 Å². The van der Waals surface area contributed by atoms with Crippen LogP contribution in [-0.2, 0) is 11.3 Å². The first kappa shape index (κ1) is 11.2. The molecule has 0 radical (unpaired) electrons. The van der Waals surface area contributed by atoms with Crippen LogP contribution in [0.4, 0.5) is 0 Å². The van der Waals surface area contributed by atoms with Gasteiger partial charge in [0.05, 0.1) is 13.2 Å². The van der Waals surface area contributed by atoms with E-state index in [1.807, 2.05) is 0 Å². The van der Waals surface area contributed by atoms with Crippen molar-refractivity contribution < 1.29 is 9.26 Å². The first-order chi connectivity index (χ1) is 8.33. The summed E-state index contributed by atoms with van der Waals surface area (Å²) in [7, 11) is 0. The summed E-state index contributed by atoms with van der Waals surface area (Å²) in [6.45, 7) is 4.65. The minimum atomic E-state index is 0.445. The SMILES string of the molecule is C[C@@H](NCc1noc(C2CC2)n1)[C@@H]1CCOC1. The van der Waals surface area contributed by atoms with Gasteiger partial charge < -0.3 is 14.6 Å². The van der Waals surface area contributed by atoms with Gasteiger partial charge in [-0.25, -0.2) is 0 Å². The van der Waals surface area contributed by atoms with Crippen molar-refractivity contribution in [1.82, 2.24) is 15.5 Å². The van der Waals surface area contributed by atoms with E-state index >= 15 is 0 Å². The predicted molar refractivity (Wildman–Crippen MR) is 61.5 cm³/mol. The Bertz CT molecular complexity index is 370. The molecule has 1 aromatic rings. The number of nitrogens with one attached hydrogen (secondary N) is 1. The molecule has 5 heteroatoms. The van der Waals surface area contributed by atoms with Crippen LogP contribution in [-0.4, -0.2) is 29.4 Å². The zero-order valence-electron chi connectivity index (χ0n) is 10.2. The number of aromatic nitrogens is 2. The molecule has 3 rings (SSSR count). The Morgan fingerprint density at radius 2 is 2.29 bits per heavy atom. The van der Waals surface area contributed by atoms with Crippen molar-refractivity contribution in [1.29, 1.82) is 0 Å². The van der Waals surface area contributed by atoms with E-state index in [-0.39, 0.29) is 0 Å². The van der Waals surface area contributed by atoms with E-state index in [4.69, 9.17) is 9.26 Å². The van der Waals surface area contributed by atoms with Gasteiger partial charge in [-0.15, -0.1) is 0 Å². The second-order valence-corrected chi connectivity index (χ2v) is 5.12. The number of rotatable bonds is 5. The number of hydrogen-bond donors (Lipinski definition) is 1. The third-order valence-corrected chi connectivity index (χ3v) is 3.66. The molecule has 2 atom stereocenters. The molecule has 1 aliphatic heterocycles. The zero-order valence-corrected chi connectivity index (χ0v) is 10.2. The minimum absolute atomic E-state index is 0.445. The van der Waals surface area contributed by atoms with Gasteiger partial charge in [0, 0.05) is 18.6 Å². The summed E-state index contributed by atoms with van der Waals surface area (Å²) in [5, 5.41) is 7.44. The van der Waals surface area contributed by atoms with Gasteiger partial charge in [0.25, 0.3) is 0 Å². The molecule has 1 aliphatic carbocycles. The van der Waals surface area contributed by atoms with Crippen LogP contribution in [0, 0.1) is 5.92 Å². The van der Waals surface area contributed by atoms with Crippen molar-refractivity contribution in [2.75, 3.05) is 13.2 Å². The Morgan fingerprint density at radius 1 is 1.41 bits per heavy atom. The Morgan fingerprint density at radius 3 is 3.00 bits per heavy atom. The van der Waals surface area contributed by atoms with Crippen LogP contribution in [0.5, 0.6) is 0 Å². The normalized spacial score (nSPS) is 26.3. The van der Waals surface area contributed by atoms with Gasteiger partial charge in [-0.3, -0.25) is 0 Å². The van der Waals surface area contributed by atoms with Crippen molar-refractivity contribution in [2.24, 2.45) is 5.92 Å². The summed E-state index contributed by atoms with van der Waals surface area (Å²) in [5.41, 5.74) is 0. The lowest BCUT2D eigenvalue weighted by atomic mass is 10.0. The molecule has 94 valence electrons. The Labute approximate surface area is 101 Å². The highest BCUT2D eigenvalue weighted by atomic mass is 16.5. The van der Waals surface area contributed by atoms with Crippen molar-refractivity contribution in [3.63, 3.8) is 0 Å². The van der Waals surface area contributed by atoms with E-state index in [0.29, 0.717) is 24.4 Å². The van der Waals surface area contributed by atoms with Crippen molar-refractivity contribution in [3.8, 4) is 0 Å². The van der Waals surface area contributed by atoms with Gasteiger partial charge in [-0.05, 0) is 32.1 Å². The topological polar surface area (TPSA) is 60.2 Å². The number of hydrogen-bond acceptors (Lipinski definition) is 5. The Kier molecular flexibility index (Phi) is 3.11. The molecule has 5 nitrogen and oxygen atoms in total. The fraction of sp³-hybridized carbons (Fsp3) is 0.833. The molecule has 2 fully saturated rings. The summed E-state index contributed by atoms with van der Waals surface area (Å²) < 4.78 is 10.6. The lowest BCUT2D eigenvalue weighted by Crippen LogP contribution is -2.33. The molecule has 2 aliphatic rings. The molecule has 1 N–H and O–H groups in total. The van der Waals surface area contributed by atoms with Crippen LogP contribution in [0.15, 0.2) is 4.52 Å². The predicted octanol–water partition coefficient (Wildman–Crippen LogP) is 1.46. The average molecular weight is 237 g/mol. The molecule has 1 saturated heterocycles. The average Bonchev–Trinajstić information content (AvgIpc) is 2.88. The fourth-order valence-corrected chi connectivity index (χ4v) is 2.20. The van der Waals surface area contributed by atoms with Crippen molar-refractivity contribution in [3.05, 3.63) is 11.7 Å². The van der Waals surface area contributed by atoms with Crippen LogP contribution in [0.2, 0.25) is 0 Å². The standard InChI is InChI=1S/C12H19N3O2/c1-8(10-4-5-16-7-10)13-6-11-14-12(17-15-11)9-2-3-9/h8-10,13H,2-7H2,1H3/t8-,10-/m1/s1. The molecule has 1 aromatic heterocycles. The molecular formula is C12H19N3O2. The van der Waals surface area contributed by atoms with Gasteiger partial charge in [0.15, 0.2) is 5.82 Å². The first-order valence-corrected chi connectivity index (χ1v) is 6.46. The van der Waals surface area contributed by atoms with Crippen LogP contribution in [0.1, 0.15) is 43.8 Å². The lowest BCUT2D eigenvalue weighted by molar-refractivity contribution is 0.178. The molecule has 2 heterocycles. The van der Waals surface area contributed by atoms with E-state index in [1.165, 1.54) is 12.8 Å². The van der Waals surface area contributed by atoms with E-state index in [2.05, 4.69) is 22.4 Å². The van der Waals surface area contributed by atoms with Crippen molar-refractivity contribution in [2.45, 2.75) is 44.7 Å². The van der Waals surface area contributed by atoms with E-state index in [0.717, 1.165) is 31.3 Å². The minimum Gasteiger partial charge on any atom is -0.381 e. The first-order valence-electron chi connectivity index (χ1n) is 6.46. The maximum absolute atomic E-state index is 5.38. The Balaban J connectivity index is 1.48. The van der Waals surface area contributed by atoms with Gasteiger partial charge in [0.2, 0.25) is 5.89 Å². The van der Waals surface area contributed by atoms with E-state index in [9.17, 15) is 0 Å². The third-order valence-electron chi connectivity index (χ3n) is 3.66. The van der Waals surface area contributed by atoms with Crippen LogP contribution in [0.25, 0.3) is 0 Å². The molecular weight excluding hydrogens is 218 g/mol. The zero-order chi connectivity index (χ0) is 11.7. The largest absolute Gasteiger partial charge is 0.381 e. The maximum Gasteiger partial charge on any atom is 0.229 e. The quantitative estimate of drug-likeness (QED) is 0.840. The highest BCUT2D eigenvalue weighted by molar-refractivity contribution is 5.01. The van der Waals surface area contributed by atoms with Gasteiger partial charge in [-0.2, -0.15) is 4.98 Å². The molecule has 0 unspecified atom stereocenters. The summed E-state index contributed by atoms with van der Waals surface area (Å²) in [4.78, 5) is 4.40. The van der Waals surface area contributed by atoms with Crippen molar-refractivity contribution >= 4 is 0 Å². The highest BCUT2D eigenvalue weighted by Gasteiger charge is 2.29. The molecule has 0 aromatic carbocycles. The number of ether oxygens (including phenoxy) is 1. The second-order valence-electron chi connectivity index (χ2n) is 5.12. The van der Waals surface area contributed by atoms with Crippen LogP contribution < -0.4 is 5.32 Å². The maximum atomic E-state index is 5.38. The molecule has 0 amide bonds. The van der Waals surface area contributed by atoms with E-state index < -0.39 is 0 Å². The Hall–Kier alpha value is -0.940. The van der Waals surface area contributed by atoms with Gasteiger partial charge in [-0.1, -0.05) is 5.16 Å². The van der Waals surface area contributed by atoms with Crippen LogP contribution in [0.3, 0.4) is 0 Å². The highest BCUT2D eigenvalue weighted by Crippen LogP contribution is 2.38. The molecule has 0 bridgehead atoms. The molecule has 0 spiro atoms. The smallest absolute Gasteiger partial charge is 0.229 e. The van der Waals surface area contributed by atoms with E-state index in [1.54, 1.807) is 0 Å². The summed E-state index contributed by atoms with van der Waals surface area (Å²) in [5.74, 6) is 2.75. The van der Waals surface area contributed by atoms with Crippen LogP contribution >= 0.6 is 0 Å². The second kappa shape index (κ2) is 4.74. The summed E-state index contributed by atoms with van der Waals surface area (Å²) in [6, 6.07) is 0.445. The molecule has 1 saturated carbocycles. The number of nitrogens with zero attached hydrogens (tertiary/aromatic N) is 2.